The minimum absolute atomic E-state index is 0.0674. The van der Waals surface area contributed by atoms with E-state index in [-0.39, 0.29) is 24.4 Å². The van der Waals surface area contributed by atoms with Gasteiger partial charge in [-0.15, -0.1) is 0 Å². The molecule has 1 aliphatic heterocycles. The summed E-state index contributed by atoms with van der Waals surface area (Å²) in [6.45, 7) is 3.17. The Morgan fingerprint density at radius 1 is 1.43 bits per heavy atom. The Hall–Kier alpha value is -1.10. The summed E-state index contributed by atoms with van der Waals surface area (Å²) >= 11 is 0. The van der Waals surface area contributed by atoms with Gasteiger partial charge < -0.3 is 14.4 Å². The van der Waals surface area contributed by atoms with E-state index >= 15 is 0 Å². The number of esters is 1. The Morgan fingerprint density at radius 2 is 2.07 bits per heavy atom. The quantitative estimate of drug-likeness (QED) is 0.591. The van der Waals surface area contributed by atoms with E-state index in [1.807, 2.05) is 0 Å². The number of methoxy groups -OCH3 is 1. The van der Waals surface area contributed by atoms with Crippen molar-refractivity contribution in [2.45, 2.75) is 19.4 Å². The van der Waals surface area contributed by atoms with Crippen LogP contribution in [0, 0.1) is 0 Å². The first-order valence-electron chi connectivity index (χ1n) is 4.57. The highest BCUT2D eigenvalue weighted by molar-refractivity contribution is 5.74. The summed E-state index contributed by atoms with van der Waals surface area (Å²) in [6.07, 6.45) is 0.358. The fraction of sp³-hybridized carbons (Fsp3) is 0.778. The summed E-state index contributed by atoms with van der Waals surface area (Å²) in [6, 6.07) is 0. The number of amides is 1. The predicted octanol–water partition coefficient (Wildman–Crippen LogP) is -0.203. The molecule has 1 aliphatic rings. The van der Waals surface area contributed by atoms with Crippen molar-refractivity contribution in [2.24, 2.45) is 0 Å². The molecule has 1 amide bonds. The second-order valence-electron chi connectivity index (χ2n) is 3.24. The van der Waals surface area contributed by atoms with Crippen LogP contribution in [-0.2, 0) is 19.1 Å². The van der Waals surface area contributed by atoms with E-state index in [1.165, 1.54) is 14.0 Å². The van der Waals surface area contributed by atoms with Crippen LogP contribution >= 0.6 is 0 Å². The fourth-order valence-corrected chi connectivity index (χ4v) is 1.21. The summed E-state index contributed by atoms with van der Waals surface area (Å²) in [7, 11) is 1.35. The van der Waals surface area contributed by atoms with E-state index < -0.39 is 0 Å². The maximum atomic E-state index is 10.8. The van der Waals surface area contributed by atoms with Gasteiger partial charge >= 0.3 is 5.97 Å². The third-order valence-electron chi connectivity index (χ3n) is 2.18. The van der Waals surface area contributed by atoms with E-state index in [4.69, 9.17) is 4.74 Å². The number of carbonyl (C=O) groups excluding carboxylic acids is 2. The number of likely N-dealkylation sites (tertiary alicyclic amines) is 1. The van der Waals surface area contributed by atoms with Crippen molar-refractivity contribution in [1.82, 2.24) is 4.90 Å². The van der Waals surface area contributed by atoms with Crippen molar-refractivity contribution >= 4 is 11.9 Å². The lowest BCUT2D eigenvalue weighted by Crippen LogP contribution is -2.54. The number of rotatable bonds is 4. The smallest absolute Gasteiger partial charge is 0.307 e. The molecule has 1 rings (SSSR count). The van der Waals surface area contributed by atoms with Crippen molar-refractivity contribution in [3.63, 3.8) is 0 Å². The van der Waals surface area contributed by atoms with E-state index in [0.29, 0.717) is 19.7 Å². The molecule has 14 heavy (non-hydrogen) atoms. The van der Waals surface area contributed by atoms with Gasteiger partial charge in [-0.1, -0.05) is 0 Å². The molecule has 0 saturated carbocycles. The Morgan fingerprint density at radius 3 is 2.57 bits per heavy atom. The van der Waals surface area contributed by atoms with Crippen LogP contribution in [0.15, 0.2) is 0 Å². The predicted molar refractivity (Wildman–Crippen MR) is 48.6 cm³/mol. The number of hydrogen-bond acceptors (Lipinski definition) is 4. The van der Waals surface area contributed by atoms with Crippen LogP contribution in [0.5, 0.6) is 0 Å². The highest BCUT2D eigenvalue weighted by Crippen LogP contribution is 2.11. The zero-order valence-electron chi connectivity index (χ0n) is 8.49. The van der Waals surface area contributed by atoms with E-state index in [0.717, 1.165) is 0 Å². The van der Waals surface area contributed by atoms with Gasteiger partial charge in [-0.25, -0.2) is 0 Å². The van der Waals surface area contributed by atoms with Gasteiger partial charge in [0.1, 0.15) is 0 Å². The first-order valence-corrected chi connectivity index (χ1v) is 4.57. The molecule has 1 heterocycles. The molecule has 0 aromatic carbocycles. The molecular weight excluding hydrogens is 186 g/mol. The van der Waals surface area contributed by atoms with Crippen molar-refractivity contribution < 1.29 is 19.1 Å². The molecule has 0 aliphatic carbocycles. The van der Waals surface area contributed by atoms with Gasteiger partial charge in [0, 0.05) is 20.0 Å². The molecular formula is C9H15NO4. The van der Waals surface area contributed by atoms with Crippen LogP contribution in [0.3, 0.4) is 0 Å². The van der Waals surface area contributed by atoms with Crippen LogP contribution in [0.2, 0.25) is 0 Å². The molecule has 0 unspecified atom stereocenters. The maximum Gasteiger partial charge on any atom is 0.307 e. The van der Waals surface area contributed by atoms with Gasteiger partial charge in [-0.05, 0) is 0 Å². The molecule has 0 radical (unpaired) electrons. The van der Waals surface area contributed by atoms with Gasteiger partial charge in [0.15, 0.2) is 0 Å². The zero-order valence-corrected chi connectivity index (χ0v) is 8.49. The van der Waals surface area contributed by atoms with Crippen molar-refractivity contribution in [3.8, 4) is 0 Å². The Kier molecular flexibility index (Phi) is 3.88. The molecule has 80 valence electrons. The molecule has 0 bridgehead atoms. The number of hydrogen-bond donors (Lipinski definition) is 0. The third kappa shape index (κ3) is 2.99. The maximum absolute atomic E-state index is 10.8. The van der Waals surface area contributed by atoms with E-state index in [1.54, 1.807) is 4.90 Å². The molecule has 1 fully saturated rings. The molecule has 5 nitrogen and oxygen atoms in total. The highest BCUT2D eigenvalue weighted by atomic mass is 16.5. The first kappa shape index (κ1) is 11.0. The lowest BCUT2D eigenvalue weighted by Gasteiger charge is -2.38. The molecule has 0 aromatic rings. The SMILES string of the molecule is COC(=O)CCOC1CN(C(C)=O)C1. The van der Waals surface area contributed by atoms with E-state index in [9.17, 15) is 9.59 Å². The molecule has 1 saturated heterocycles. The van der Waals surface area contributed by atoms with Crippen LogP contribution in [0.25, 0.3) is 0 Å². The normalized spacial score (nSPS) is 16.3. The summed E-state index contributed by atoms with van der Waals surface area (Å²) < 4.78 is 9.80. The molecule has 0 atom stereocenters. The number of carbonyl (C=O) groups is 2. The minimum Gasteiger partial charge on any atom is -0.469 e. The number of ether oxygens (including phenoxy) is 2. The molecule has 0 aromatic heterocycles. The minimum atomic E-state index is -0.271. The lowest BCUT2D eigenvalue weighted by atomic mass is 10.2. The van der Waals surface area contributed by atoms with Crippen molar-refractivity contribution in [2.75, 3.05) is 26.8 Å². The second-order valence-corrected chi connectivity index (χ2v) is 3.24. The fourth-order valence-electron chi connectivity index (χ4n) is 1.21. The lowest BCUT2D eigenvalue weighted by molar-refractivity contribution is -0.148. The average Bonchev–Trinajstić information content (AvgIpc) is 2.07. The van der Waals surface area contributed by atoms with Gasteiger partial charge in [0.05, 0.1) is 26.2 Å². The van der Waals surface area contributed by atoms with E-state index in [2.05, 4.69) is 4.74 Å². The van der Waals surface area contributed by atoms with Gasteiger partial charge in [-0.2, -0.15) is 0 Å². The van der Waals surface area contributed by atoms with Crippen LogP contribution in [-0.4, -0.2) is 49.7 Å². The highest BCUT2D eigenvalue weighted by Gasteiger charge is 2.28. The standard InChI is InChI=1S/C9H15NO4/c1-7(11)10-5-8(6-10)14-4-3-9(12)13-2/h8H,3-6H2,1-2H3. The largest absolute Gasteiger partial charge is 0.469 e. The summed E-state index contributed by atoms with van der Waals surface area (Å²) in [5.41, 5.74) is 0. The summed E-state index contributed by atoms with van der Waals surface area (Å²) in [5, 5.41) is 0. The molecule has 0 spiro atoms. The molecule has 5 heteroatoms. The summed E-state index contributed by atoms with van der Waals surface area (Å²) in [4.78, 5) is 23.2. The van der Waals surface area contributed by atoms with Crippen molar-refractivity contribution in [3.05, 3.63) is 0 Å². The first-order chi connectivity index (χ1) is 6.63. The van der Waals surface area contributed by atoms with Gasteiger partial charge in [0.25, 0.3) is 0 Å². The molecule has 0 N–H and O–H groups in total. The van der Waals surface area contributed by atoms with Crippen LogP contribution in [0.4, 0.5) is 0 Å². The third-order valence-corrected chi connectivity index (χ3v) is 2.18. The number of nitrogens with zero attached hydrogens (tertiary/aromatic N) is 1. The van der Waals surface area contributed by atoms with Gasteiger partial charge in [-0.3, -0.25) is 9.59 Å². The van der Waals surface area contributed by atoms with Crippen molar-refractivity contribution in [1.29, 1.82) is 0 Å². The zero-order chi connectivity index (χ0) is 10.6. The second kappa shape index (κ2) is 4.95. The van der Waals surface area contributed by atoms with Crippen LogP contribution < -0.4 is 0 Å². The topological polar surface area (TPSA) is 55.8 Å². The van der Waals surface area contributed by atoms with Gasteiger partial charge in [0.2, 0.25) is 5.91 Å². The monoisotopic (exact) mass is 201 g/mol. The summed E-state index contributed by atoms with van der Waals surface area (Å²) in [5.74, 6) is -0.203. The average molecular weight is 201 g/mol. The Balaban J connectivity index is 2.01. The Labute approximate surface area is 83.0 Å². The van der Waals surface area contributed by atoms with Crippen LogP contribution in [0.1, 0.15) is 13.3 Å². The Bertz CT molecular complexity index is 223.